The monoisotopic (exact) mass is 294 g/mol. The first-order valence-corrected chi connectivity index (χ1v) is 7.06. The number of hydrogen-bond acceptors (Lipinski definition) is 5. The standard InChI is InChI=1S/C16H22O5/c1-6-9(2)16(19)21-10(3)7-12-11(4)13(17)8-14(20-5)15(12)18/h8-10H,6-7H2,1-5H3/t9-,10-/m0/s1. The minimum absolute atomic E-state index is 0.0288. The van der Waals surface area contributed by atoms with Crippen LogP contribution in [0, 0.1) is 5.92 Å². The average Bonchev–Trinajstić information content (AvgIpc) is 2.46. The largest absolute Gasteiger partial charge is 0.493 e. The molecule has 0 aliphatic heterocycles. The molecule has 1 rings (SSSR count). The fourth-order valence-corrected chi connectivity index (χ4v) is 1.97. The summed E-state index contributed by atoms with van der Waals surface area (Å²) in [5, 5.41) is 0. The number of ketones is 2. The van der Waals surface area contributed by atoms with Crippen LogP contribution < -0.4 is 0 Å². The third-order valence-corrected chi connectivity index (χ3v) is 3.63. The Balaban J connectivity index is 2.81. The zero-order valence-electron chi connectivity index (χ0n) is 13.2. The molecule has 2 atom stereocenters. The van der Waals surface area contributed by atoms with Gasteiger partial charge in [0.25, 0.3) is 0 Å². The molecule has 0 saturated heterocycles. The van der Waals surface area contributed by atoms with Crippen molar-refractivity contribution in [2.45, 2.75) is 46.6 Å². The lowest BCUT2D eigenvalue weighted by molar-refractivity contribution is -0.152. The van der Waals surface area contributed by atoms with Gasteiger partial charge in [-0.05, 0) is 20.3 Å². The van der Waals surface area contributed by atoms with E-state index in [2.05, 4.69) is 0 Å². The van der Waals surface area contributed by atoms with E-state index in [0.29, 0.717) is 17.6 Å². The van der Waals surface area contributed by atoms with Crippen LogP contribution in [-0.4, -0.2) is 30.7 Å². The summed E-state index contributed by atoms with van der Waals surface area (Å²) < 4.78 is 10.2. The first-order chi connectivity index (χ1) is 9.81. The van der Waals surface area contributed by atoms with Crippen LogP contribution in [-0.2, 0) is 23.9 Å². The van der Waals surface area contributed by atoms with Crippen LogP contribution in [0.15, 0.2) is 23.0 Å². The molecule has 0 fully saturated rings. The zero-order chi connectivity index (χ0) is 16.2. The Morgan fingerprint density at radius 2 is 1.90 bits per heavy atom. The second kappa shape index (κ2) is 7.20. The molecule has 0 amide bonds. The predicted octanol–water partition coefficient (Wildman–Crippen LogP) is 2.35. The van der Waals surface area contributed by atoms with Crippen molar-refractivity contribution in [3.63, 3.8) is 0 Å². The topological polar surface area (TPSA) is 69.7 Å². The molecule has 0 bridgehead atoms. The number of carbonyl (C=O) groups excluding carboxylic acids is 3. The molecular weight excluding hydrogens is 272 g/mol. The Morgan fingerprint density at radius 3 is 2.43 bits per heavy atom. The predicted molar refractivity (Wildman–Crippen MR) is 77.4 cm³/mol. The molecule has 0 saturated carbocycles. The van der Waals surface area contributed by atoms with Crippen LogP contribution in [0.3, 0.4) is 0 Å². The van der Waals surface area contributed by atoms with E-state index in [1.807, 2.05) is 6.92 Å². The molecule has 21 heavy (non-hydrogen) atoms. The Kier molecular flexibility index (Phi) is 5.88. The third-order valence-electron chi connectivity index (χ3n) is 3.63. The molecule has 0 radical (unpaired) electrons. The molecule has 5 nitrogen and oxygen atoms in total. The van der Waals surface area contributed by atoms with Gasteiger partial charge in [0.05, 0.1) is 13.0 Å². The van der Waals surface area contributed by atoms with Crippen LogP contribution >= 0.6 is 0 Å². The number of rotatable bonds is 6. The summed E-state index contributed by atoms with van der Waals surface area (Å²) in [5.74, 6) is -1.01. The van der Waals surface area contributed by atoms with Gasteiger partial charge in [0.15, 0.2) is 11.5 Å². The van der Waals surface area contributed by atoms with E-state index >= 15 is 0 Å². The van der Waals surface area contributed by atoms with E-state index < -0.39 is 6.10 Å². The zero-order valence-corrected chi connectivity index (χ0v) is 13.2. The summed E-state index contributed by atoms with van der Waals surface area (Å²) in [6, 6.07) is 0. The van der Waals surface area contributed by atoms with Gasteiger partial charge in [-0.1, -0.05) is 13.8 Å². The van der Waals surface area contributed by atoms with Crippen LogP contribution in [0.4, 0.5) is 0 Å². The number of esters is 1. The van der Waals surface area contributed by atoms with Crippen molar-refractivity contribution in [1.29, 1.82) is 0 Å². The Bertz CT molecular complexity index is 513. The van der Waals surface area contributed by atoms with Gasteiger partial charge in [-0.15, -0.1) is 0 Å². The molecule has 1 aliphatic rings. The van der Waals surface area contributed by atoms with Crippen molar-refractivity contribution in [3.8, 4) is 0 Å². The molecule has 5 heteroatoms. The first kappa shape index (κ1) is 17.1. The lowest BCUT2D eigenvalue weighted by Gasteiger charge is -2.20. The van der Waals surface area contributed by atoms with Crippen molar-refractivity contribution in [2.24, 2.45) is 5.92 Å². The number of hydrogen-bond donors (Lipinski definition) is 0. The van der Waals surface area contributed by atoms with Gasteiger partial charge in [-0.3, -0.25) is 14.4 Å². The Labute approximate surface area is 125 Å². The van der Waals surface area contributed by atoms with Gasteiger partial charge in [0.1, 0.15) is 6.10 Å². The van der Waals surface area contributed by atoms with Gasteiger partial charge in [-0.2, -0.15) is 0 Å². The number of Topliss-reactive ketones (excluding diaryl/α,β-unsaturated/α-hetero) is 1. The molecule has 0 heterocycles. The van der Waals surface area contributed by atoms with E-state index in [1.54, 1.807) is 20.8 Å². The van der Waals surface area contributed by atoms with Crippen LogP contribution in [0.25, 0.3) is 0 Å². The Morgan fingerprint density at radius 1 is 1.29 bits per heavy atom. The van der Waals surface area contributed by atoms with Crippen molar-refractivity contribution < 1.29 is 23.9 Å². The molecule has 0 aromatic heterocycles. The third kappa shape index (κ3) is 4.03. The quantitative estimate of drug-likeness (QED) is 0.555. The highest BCUT2D eigenvalue weighted by Crippen LogP contribution is 2.24. The van der Waals surface area contributed by atoms with Crippen molar-refractivity contribution in [1.82, 2.24) is 0 Å². The number of ether oxygens (including phenoxy) is 2. The lowest BCUT2D eigenvalue weighted by atomic mass is 9.91. The van der Waals surface area contributed by atoms with E-state index in [1.165, 1.54) is 13.2 Å². The maximum Gasteiger partial charge on any atom is 0.308 e. The molecule has 0 unspecified atom stereocenters. The molecule has 116 valence electrons. The van der Waals surface area contributed by atoms with Crippen LogP contribution in [0.5, 0.6) is 0 Å². The molecule has 0 spiro atoms. The highest BCUT2D eigenvalue weighted by molar-refractivity contribution is 6.21. The van der Waals surface area contributed by atoms with E-state index in [4.69, 9.17) is 9.47 Å². The summed E-state index contributed by atoms with van der Waals surface area (Å²) in [4.78, 5) is 35.7. The van der Waals surface area contributed by atoms with Crippen molar-refractivity contribution >= 4 is 17.5 Å². The minimum atomic E-state index is -0.468. The fraction of sp³-hybridized carbons (Fsp3) is 0.562. The van der Waals surface area contributed by atoms with E-state index in [9.17, 15) is 14.4 Å². The fourth-order valence-electron chi connectivity index (χ4n) is 1.97. The molecule has 0 aromatic carbocycles. The van der Waals surface area contributed by atoms with Crippen LogP contribution in [0.2, 0.25) is 0 Å². The molecule has 0 aromatic rings. The molecule has 1 aliphatic carbocycles. The summed E-state index contributed by atoms with van der Waals surface area (Å²) in [6.07, 6.45) is 1.63. The van der Waals surface area contributed by atoms with Gasteiger partial charge < -0.3 is 9.47 Å². The van der Waals surface area contributed by atoms with Gasteiger partial charge in [-0.25, -0.2) is 0 Å². The molecular formula is C16H22O5. The summed E-state index contributed by atoms with van der Waals surface area (Å²) >= 11 is 0. The van der Waals surface area contributed by atoms with Gasteiger partial charge >= 0.3 is 5.97 Å². The van der Waals surface area contributed by atoms with Gasteiger partial charge in [0, 0.05) is 23.6 Å². The van der Waals surface area contributed by atoms with Gasteiger partial charge in [0.2, 0.25) is 5.78 Å². The average molecular weight is 294 g/mol. The minimum Gasteiger partial charge on any atom is -0.493 e. The molecule has 0 N–H and O–H groups in total. The van der Waals surface area contributed by atoms with Crippen molar-refractivity contribution in [3.05, 3.63) is 23.0 Å². The highest BCUT2D eigenvalue weighted by Gasteiger charge is 2.29. The van der Waals surface area contributed by atoms with E-state index in [0.717, 1.165) is 0 Å². The first-order valence-electron chi connectivity index (χ1n) is 7.06. The van der Waals surface area contributed by atoms with E-state index in [-0.39, 0.29) is 35.6 Å². The normalized spacial score (nSPS) is 18.2. The second-order valence-electron chi connectivity index (χ2n) is 5.27. The highest BCUT2D eigenvalue weighted by atomic mass is 16.5. The summed E-state index contributed by atoms with van der Waals surface area (Å²) in [7, 11) is 1.35. The summed E-state index contributed by atoms with van der Waals surface area (Å²) in [6.45, 7) is 7.01. The maximum absolute atomic E-state index is 12.2. The maximum atomic E-state index is 12.2. The number of methoxy groups -OCH3 is 1. The SMILES string of the molecule is CC[C@H](C)C(=O)O[C@@H](C)CC1=C(C)C(=O)C=C(OC)C1=O. The second-order valence-corrected chi connectivity index (χ2v) is 5.27. The Hall–Kier alpha value is -1.91. The number of carbonyl (C=O) groups is 3. The van der Waals surface area contributed by atoms with Crippen molar-refractivity contribution in [2.75, 3.05) is 7.11 Å². The summed E-state index contributed by atoms with van der Waals surface area (Å²) in [5.41, 5.74) is 0.732. The lowest BCUT2D eigenvalue weighted by Crippen LogP contribution is -2.25. The van der Waals surface area contributed by atoms with Crippen LogP contribution in [0.1, 0.15) is 40.5 Å². The number of allylic oxidation sites excluding steroid dienone is 3. The smallest absolute Gasteiger partial charge is 0.308 e.